The lowest BCUT2D eigenvalue weighted by atomic mass is 9.97. The van der Waals surface area contributed by atoms with Gasteiger partial charge in [-0.25, -0.2) is 9.78 Å². The smallest absolute Gasteiger partial charge is 0.432 e. The topological polar surface area (TPSA) is 98.3 Å². The predicted molar refractivity (Wildman–Crippen MR) is 77.4 cm³/mol. The van der Waals surface area contributed by atoms with Crippen LogP contribution in [0.1, 0.15) is 43.1 Å². The number of carbonyl (C=O) groups is 2. The van der Waals surface area contributed by atoms with Gasteiger partial charge in [0.1, 0.15) is 11.5 Å². The summed E-state index contributed by atoms with van der Waals surface area (Å²) in [7, 11) is 0. The molecule has 0 aliphatic carbocycles. The average molecular weight is 348 g/mol. The monoisotopic (exact) mass is 348 g/mol. The molecule has 1 atom stereocenters. The summed E-state index contributed by atoms with van der Waals surface area (Å²) in [5.74, 6) is -0.981. The number of hydrogen-bond donors (Lipinski definition) is 3. The number of urea groups is 1. The Labute approximate surface area is 136 Å². The van der Waals surface area contributed by atoms with Crippen LogP contribution >= 0.6 is 0 Å². The molecule has 7 nitrogen and oxygen atoms in total. The van der Waals surface area contributed by atoms with Crippen LogP contribution in [0, 0.1) is 0 Å². The van der Waals surface area contributed by atoms with E-state index >= 15 is 0 Å². The fourth-order valence-corrected chi connectivity index (χ4v) is 2.62. The van der Waals surface area contributed by atoms with Crippen molar-refractivity contribution < 1.29 is 27.9 Å². The number of aliphatic carboxylic acids is 1. The maximum Gasteiger partial charge on any atom is 0.432 e. The molecule has 0 bridgehead atoms. The predicted octanol–water partition coefficient (Wildman–Crippen LogP) is 2.18. The van der Waals surface area contributed by atoms with Gasteiger partial charge in [-0.05, 0) is 19.3 Å². The Hall–Kier alpha value is -2.26. The molecule has 2 rings (SSSR count). The number of nitrogens with zero attached hydrogens (tertiary/aromatic N) is 2. The second-order valence-electron chi connectivity index (χ2n) is 5.69. The number of aromatic amines is 1. The Bertz CT molecular complexity index is 588. The van der Waals surface area contributed by atoms with Crippen LogP contribution in [0.15, 0.2) is 6.20 Å². The highest BCUT2D eigenvalue weighted by atomic mass is 19.4. The Kier molecular flexibility index (Phi) is 5.68. The van der Waals surface area contributed by atoms with E-state index in [-0.39, 0.29) is 37.3 Å². The number of carbonyl (C=O) groups excluding carboxylic acids is 1. The Morgan fingerprint density at radius 1 is 1.46 bits per heavy atom. The van der Waals surface area contributed by atoms with E-state index in [2.05, 4.69) is 15.3 Å². The van der Waals surface area contributed by atoms with Gasteiger partial charge in [-0.15, -0.1) is 0 Å². The Morgan fingerprint density at radius 3 is 2.83 bits per heavy atom. The summed E-state index contributed by atoms with van der Waals surface area (Å²) in [5.41, 5.74) is -0.896. The number of rotatable bonds is 5. The van der Waals surface area contributed by atoms with Crippen molar-refractivity contribution in [2.45, 2.75) is 37.8 Å². The van der Waals surface area contributed by atoms with Crippen LogP contribution < -0.4 is 5.32 Å². The average Bonchev–Trinajstić information content (AvgIpc) is 3.01. The molecule has 1 fully saturated rings. The summed E-state index contributed by atoms with van der Waals surface area (Å²) in [6.07, 6.45) is -2.11. The molecule has 0 radical (unpaired) electrons. The highest BCUT2D eigenvalue weighted by molar-refractivity contribution is 5.74. The lowest BCUT2D eigenvalue weighted by Gasteiger charge is -2.31. The summed E-state index contributed by atoms with van der Waals surface area (Å²) in [6, 6.07) is -0.340. The van der Waals surface area contributed by atoms with E-state index in [4.69, 9.17) is 5.11 Å². The molecule has 2 heterocycles. The molecule has 2 amide bonds. The van der Waals surface area contributed by atoms with Crippen LogP contribution in [0.4, 0.5) is 18.0 Å². The van der Waals surface area contributed by atoms with E-state index in [9.17, 15) is 22.8 Å². The van der Waals surface area contributed by atoms with Crippen LogP contribution in [0.25, 0.3) is 0 Å². The first-order valence-electron chi connectivity index (χ1n) is 7.64. The second-order valence-corrected chi connectivity index (χ2v) is 5.69. The molecule has 0 spiro atoms. The molecule has 1 aromatic heterocycles. The van der Waals surface area contributed by atoms with Crippen LogP contribution in [0.3, 0.4) is 0 Å². The molecule has 1 saturated heterocycles. The van der Waals surface area contributed by atoms with Gasteiger partial charge in [-0.2, -0.15) is 13.2 Å². The van der Waals surface area contributed by atoms with E-state index in [1.54, 1.807) is 0 Å². The van der Waals surface area contributed by atoms with E-state index in [1.165, 1.54) is 4.90 Å². The van der Waals surface area contributed by atoms with Gasteiger partial charge in [-0.3, -0.25) is 4.79 Å². The molecule has 1 aliphatic rings. The van der Waals surface area contributed by atoms with Crippen molar-refractivity contribution in [1.82, 2.24) is 20.2 Å². The van der Waals surface area contributed by atoms with Crippen molar-refractivity contribution in [2.75, 3.05) is 19.6 Å². The lowest BCUT2D eigenvalue weighted by molar-refractivity contribution is -0.141. The van der Waals surface area contributed by atoms with E-state index < -0.39 is 17.8 Å². The molecular weight excluding hydrogens is 329 g/mol. The third-order valence-electron chi connectivity index (χ3n) is 3.84. The van der Waals surface area contributed by atoms with Gasteiger partial charge in [0.25, 0.3) is 0 Å². The number of halogens is 3. The summed E-state index contributed by atoms with van der Waals surface area (Å²) in [5, 5.41) is 11.2. The fraction of sp³-hybridized carbons (Fsp3) is 0.643. The molecule has 1 unspecified atom stereocenters. The van der Waals surface area contributed by atoms with Crippen LogP contribution in [0.5, 0.6) is 0 Å². The molecule has 0 aromatic carbocycles. The number of H-pyrrole nitrogens is 1. The number of aromatic nitrogens is 2. The number of imidazole rings is 1. The number of piperidine rings is 1. The molecule has 3 N–H and O–H groups in total. The number of hydrogen-bond acceptors (Lipinski definition) is 3. The van der Waals surface area contributed by atoms with E-state index in [1.807, 2.05) is 0 Å². The molecule has 1 aliphatic heterocycles. The maximum atomic E-state index is 12.6. The summed E-state index contributed by atoms with van der Waals surface area (Å²) in [4.78, 5) is 30.0. The van der Waals surface area contributed by atoms with Gasteiger partial charge in [0, 0.05) is 32.0 Å². The fourth-order valence-electron chi connectivity index (χ4n) is 2.62. The van der Waals surface area contributed by atoms with Crippen LogP contribution in [-0.2, 0) is 11.0 Å². The zero-order valence-corrected chi connectivity index (χ0v) is 12.9. The largest absolute Gasteiger partial charge is 0.481 e. The minimum absolute atomic E-state index is 0.0322. The summed E-state index contributed by atoms with van der Waals surface area (Å²) >= 11 is 0. The highest BCUT2D eigenvalue weighted by Crippen LogP contribution is 2.30. The summed E-state index contributed by atoms with van der Waals surface area (Å²) in [6.45, 7) is 1.02. The number of nitrogens with one attached hydrogen (secondary N) is 2. The standard InChI is InChI=1S/C14H19F3N4O3/c15-14(16,17)10-7-19-12(20-10)9-3-2-6-21(8-9)13(24)18-5-1-4-11(22)23/h7,9H,1-6,8H2,(H,18,24)(H,19,20)(H,22,23). The first-order valence-corrected chi connectivity index (χ1v) is 7.64. The quantitative estimate of drug-likeness (QED) is 0.710. The molecule has 134 valence electrons. The number of likely N-dealkylation sites (tertiary alicyclic amines) is 1. The third kappa shape index (κ3) is 4.87. The van der Waals surface area contributed by atoms with Gasteiger partial charge < -0.3 is 20.3 Å². The third-order valence-corrected chi connectivity index (χ3v) is 3.84. The molecular formula is C14H19F3N4O3. The van der Waals surface area contributed by atoms with Crippen molar-refractivity contribution in [3.8, 4) is 0 Å². The Balaban J connectivity index is 1.88. The summed E-state index contributed by atoms with van der Waals surface area (Å²) < 4.78 is 37.8. The van der Waals surface area contributed by atoms with Crippen LogP contribution in [-0.4, -0.2) is 51.6 Å². The van der Waals surface area contributed by atoms with Gasteiger partial charge in [0.2, 0.25) is 0 Å². The van der Waals surface area contributed by atoms with Crippen molar-refractivity contribution in [1.29, 1.82) is 0 Å². The molecule has 0 saturated carbocycles. The van der Waals surface area contributed by atoms with Crippen LogP contribution in [0.2, 0.25) is 0 Å². The van der Waals surface area contributed by atoms with Gasteiger partial charge >= 0.3 is 18.2 Å². The van der Waals surface area contributed by atoms with E-state index in [0.29, 0.717) is 25.8 Å². The number of carboxylic acids is 1. The minimum atomic E-state index is -4.47. The highest BCUT2D eigenvalue weighted by Gasteiger charge is 2.34. The SMILES string of the molecule is O=C(O)CCCNC(=O)N1CCCC(c2ncc(C(F)(F)F)[nH]2)C1. The van der Waals surface area contributed by atoms with Gasteiger partial charge in [0.05, 0.1) is 6.20 Å². The van der Waals surface area contributed by atoms with Gasteiger partial charge in [0.15, 0.2) is 0 Å². The van der Waals surface area contributed by atoms with Gasteiger partial charge in [-0.1, -0.05) is 0 Å². The Morgan fingerprint density at radius 2 is 2.21 bits per heavy atom. The first-order chi connectivity index (χ1) is 11.3. The zero-order chi connectivity index (χ0) is 17.7. The van der Waals surface area contributed by atoms with Crippen molar-refractivity contribution in [2.24, 2.45) is 0 Å². The van der Waals surface area contributed by atoms with Crippen molar-refractivity contribution >= 4 is 12.0 Å². The number of carboxylic acid groups (broad SMARTS) is 1. The molecule has 10 heteroatoms. The maximum absolute atomic E-state index is 12.6. The first kappa shape index (κ1) is 18.1. The van der Waals surface area contributed by atoms with Crippen molar-refractivity contribution in [3.05, 3.63) is 17.7 Å². The number of alkyl halides is 3. The van der Waals surface area contributed by atoms with E-state index in [0.717, 1.165) is 6.20 Å². The lowest BCUT2D eigenvalue weighted by Crippen LogP contribution is -2.45. The second kappa shape index (κ2) is 7.54. The molecule has 1 aromatic rings. The molecule has 24 heavy (non-hydrogen) atoms. The number of amides is 2. The van der Waals surface area contributed by atoms with Crippen molar-refractivity contribution in [3.63, 3.8) is 0 Å². The minimum Gasteiger partial charge on any atom is -0.481 e. The normalized spacial score (nSPS) is 18.5. The zero-order valence-electron chi connectivity index (χ0n) is 12.9.